The number of carboxylic acids is 1. The van der Waals surface area contributed by atoms with Crippen molar-refractivity contribution in [3.63, 3.8) is 0 Å². The van der Waals surface area contributed by atoms with Crippen LogP contribution in [-0.2, 0) is 47.4 Å². The Hall–Kier alpha value is -4.58. The largest absolute Gasteiger partial charge is 0.480 e. The Morgan fingerprint density at radius 1 is 1.22 bits per heavy atom. The van der Waals surface area contributed by atoms with Gasteiger partial charge in [0.05, 0.1) is 41.5 Å². The number of para-hydroxylation sites is 1. The van der Waals surface area contributed by atoms with Crippen LogP contribution < -0.4 is 16.6 Å². The van der Waals surface area contributed by atoms with Gasteiger partial charge in [-0.05, 0) is 30.5 Å². The lowest BCUT2D eigenvalue weighted by Crippen LogP contribution is -2.52. The molecule has 0 fully saturated rings. The van der Waals surface area contributed by atoms with E-state index in [1.165, 1.54) is 0 Å². The number of carbonyl (C=O) groups is 4. The predicted molar refractivity (Wildman–Crippen MR) is 145 cm³/mol. The molecule has 0 radical (unpaired) electrons. The Kier molecular flexibility index (Phi) is 7.12. The first-order valence-corrected chi connectivity index (χ1v) is 13.3. The number of carboxylic acid groups (broad SMARTS) is 1. The highest BCUT2D eigenvalue weighted by Crippen LogP contribution is 2.41. The highest BCUT2D eigenvalue weighted by atomic mass is 16.6. The molecular weight excluding hydrogens is 532 g/mol. The third-order valence-corrected chi connectivity index (χ3v) is 7.68. The lowest BCUT2D eigenvalue weighted by Gasteiger charge is -2.36. The van der Waals surface area contributed by atoms with Crippen LogP contribution in [0.15, 0.2) is 41.2 Å². The number of aromatic nitrogens is 2. The molecule has 214 valence electrons. The number of cyclic esters (lactones) is 1. The van der Waals surface area contributed by atoms with E-state index in [1.54, 1.807) is 31.4 Å². The second-order valence-corrected chi connectivity index (χ2v) is 10.6. The van der Waals surface area contributed by atoms with E-state index in [4.69, 9.17) is 20.2 Å². The molecule has 12 heteroatoms. The number of nitrogens with two attached hydrogens (primary N) is 1. The number of fused-ring (bicyclic) bond motifs is 5. The fourth-order valence-electron chi connectivity index (χ4n) is 5.26. The molecule has 5 rings (SSSR count). The van der Waals surface area contributed by atoms with Crippen molar-refractivity contribution in [1.29, 1.82) is 0 Å². The number of nitrogens with zero attached hydrogens (tertiary/aromatic N) is 2. The lowest BCUT2D eigenvalue weighted by molar-refractivity contribution is -0.190. The summed E-state index contributed by atoms with van der Waals surface area (Å²) < 4.78 is 12.5. The van der Waals surface area contributed by atoms with Crippen molar-refractivity contribution in [3.05, 3.63) is 63.4 Å². The number of pyridine rings is 2. The van der Waals surface area contributed by atoms with Crippen LogP contribution in [0, 0.1) is 5.92 Å². The molecule has 4 N–H and O–H groups in total. The van der Waals surface area contributed by atoms with Crippen LogP contribution in [0.4, 0.5) is 0 Å². The molecule has 41 heavy (non-hydrogen) atoms. The maximum Gasteiger partial charge on any atom is 0.355 e. The van der Waals surface area contributed by atoms with Crippen molar-refractivity contribution in [2.24, 2.45) is 11.7 Å². The van der Waals surface area contributed by atoms with E-state index in [0.29, 0.717) is 11.4 Å². The lowest BCUT2D eigenvalue weighted by atomic mass is 9.85. The molecule has 0 spiro atoms. The number of benzene rings is 1. The number of hydrogen-bond donors (Lipinski definition) is 3. The Labute approximate surface area is 234 Å². The van der Waals surface area contributed by atoms with Gasteiger partial charge in [-0.2, -0.15) is 0 Å². The highest BCUT2D eigenvalue weighted by Gasteiger charge is 2.50. The quantitative estimate of drug-likeness (QED) is 0.267. The summed E-state index contributed by atoms with van der Waals surface area (Å²) in [4.78, 5) is 68.9. The number of rotatable bonds is 8. The summed E-state index contributed by atoms with van der Waals surface area (Å²) in [6.07, 6.45) is -0.871. The van der Waals surface area contributed by atoms with E-state index in [-0.39, 0.29) is 36.6 Å². The number of hydrogen-bond acceptors (Lipinski definition) is 9. The zero-order chi connectivity index (χ0) is 29.6. The van der Waals surface area contributed by atoms with E-state index < -0.39 is 53.5 Å². The molecule has 4 heterocycles. The molecule has 0 saturated carbocycles. The van der Waals surface area contributed by atoms with Crippen LogP contribution in [0.1, 0.15) is 50.3 Å². The second-order valence-electron chi connectivity index (χ2n) is 10.6. The van der Waals surface area contributed by atoms with Crippen molar-refractivity contribution >= 4 is 34.7 Å². The number of aliphatic carboxylic acids is 1. The van der Waals surface area contributed by atoms with Gasteiger partial charge in [-0.15, -0.1) is 0 Å². The van der Waals surface area contributed by atoms with E-state index in [0.717, 1.165) is 16.5 Å². The number of nitrogens with one attached hydrogen (secondary N) is 1. The summed E-state index contributed by atoms with van der Waals surface area (Å²) in [5, 5.41) is 12.8. The first-order valence-electron chi connectivity index (χ1n) is 13.3. The maximum atomic E-state index is 13.6. The van der Waals surface area contributed by atoms with Crippen LogP contribution in [0.5, 0.6) is 0 Å². The zero-order valence-corrected chi connectivity index (χ0v) is 22.8. The number of ether oxygens (including phenoxy) is 2. The van der Waals surface area contributed by atoms with Gasteiger partial charge < -0.3 is 30.2 Å². The van der Waals surface area contributed by atoms with E-state index in [9.17, 15) is 29.1 Å². The van der Waals surface area contributed by atoms with Crippen molar-refractivity contribution < 1.29 is 33.8 Å². The smallest absolute Gasteiger partial charge is 0.355 e. The normalized spacial score (nSPS) is 18.6. The van der Waals surface area contributed by atoms with Gasteiger partial charge in [0.1, 0.15) is 12.6 Å². The van der Waals surface area contributed by atoms with E-state index in [1.807, 2.05) is 30.3 Å². The van der Waals surface area contributed by atoms with Crippen LogP contribution in [0.2, 0.25) is 0 Å². The van der Waals surface area contributed by atoms with Crippen molar-refractivity contribution in [2.75, 3.05) is 0 Å². The van der Waals surface area contributed by atoms with Gasteiger partial charge in [0.15, 0.2) is 0 Å². The van der Waals surface area contributed by atoms with Gasteiger partial charge in [-0.1, -0.05) is 39.0 Å². The van der Waals surface area contributed by atoms with Gasteiger partial charge in [0.25, 0.3) is 5.56 Å². The van der Waals surface area contributed by atoms with Crippen LogP contribution in [-0.4, -0.2) is 50.6 Å². The molecule has 2 aliphatic heterocycles. The number of esters is 2. The van der Waals surface area contributed by atoms with Crippen molar-refractivity contribution in [3.8, 4) is 11.4 Å². The van der Waals surface area contributed by atoms with Gasteiger partial charge in [-0.3, -0.25) is 14.4 Å². The monoisotopic (exact) mass is 562 g/mol. The second kappa shape index (κ2) is 10.4. The Balaban J connectivity index is 1.51. The number of carbonyl (C=O) groups excluding carboxylic acids is 3. The highest BCUT2D eigenvalue weighted by molar-refractivity contribution is 5.91. The third kappa shape index (κ3) is 4.73. The van der Waals surface area contributed by atoms with E-state index in [2.05, 4.69) is 5.32 Å². The predicted octanol–water partition coefficient (Wildman–Crippen LogP) is 1.57. The maximum absolute atomic E-state index is 13.6. The summed E-state index contributed by atoms with van der Waals surface area (Å²) in [6, 6.07) is 8.49. The summed E-state index contributed by atoms with van der Waals surface area (Å²) in [5.41, 5.74) is 6.34. The minimum atomic E-state index is -2.00. The topological polar surface area (TPSA) is 180 Å². The van der Waals surface area contributed by atoms with Gasteiger partial charge in [0, 0.05) is 16.5 Å². The standard InChI is InChI=1S/C29H30N4O8/c1-4-29(41-22(34)11-20(27(37)38)32-25(35)23(30)14(2)3)18-10-21-24-16(9-15-7-5-6-8-19(15)31-24)12-33(21)26(36)17(18)13-40-28(29)39/h5-10,14,20,23H,4,11-13,30H2,1-3H3,(H,32,35)(H,37,38)/t20-,23+,29+/m1/s1. The molecule has 2 aliphatic rings. The summed E-state index contributed by atoms with van der Waals surface area (Å²) in [5.74, 6) is -4.45. The molecule has 0 aliphatic carbocycles. The fourth-order valence-corrected chi connectivity index (χ4v) is 5.26. The molecule has 1 aromatic carbocycles. The fraction of sp³-hybridized carbons (Fsp3) is 0.379. The van der Waals surface area contributed by atoms with Crippen LogP contribution >= 0.6 is 0 Å². The molecule has 0 unspecified atom stereocenters. The van der Waals surface area contributed by atoms with Gasteiger partial charge in [-0.25, -0.2) is 14.6 Å². The Morgan fingerprint density at radius 2 is 1.95 bits per heavy atom. The molecule has 12 nitrogen and oxygen atoms in total. The molecule has 0 bridgehead atoms. The van der Waals surface area contributed by atoms with Crippen molar-refractivity contribution in [2.45, 2.75) is 64.4 Å². The zero-order valence-electron chi connectivity index (χ0n) is 22.8. The summed E-state index contributed by atoms with van der Waals surface area (Å²) >= 11 is 0. The molecule has 3 aromatic rings. The molecule has 3 atom stereocenters. The summed E-state index contributed by atoms with van der Waals surface area (Å²) in [6.45, 7) is 4.95. The minimum Gasteiger partial charge on any atom is -0.480 e. The first-order chi connectivity index (χ1) is 19.5. The van der Waals surface area contributed by atoms with Gasteiger partial charge in [0.2, 0.25) is 11.5 Å². The minimum absolute atomic E-state index is 0.0895. The molecular formula is C29H30N4O8. The first kappa shape index (κ1) is 28.0. The summed E-state index contributed by atoms with van der Waals surface area (Å²) in [7, 11) is 0. The van der Waals surface area contributed by atoms with Gasteiger partial charge >= 0.3 is 17.9 Å². The third-order valence-electron chi connectivity index (χ3n) is 7.68. The molecule has 0 saturated heterocycles. The molecule has 1 amide bonds. The average molecular weight is 563 g/mol. The average Bonchev–Trinajstić information content (AvgIpc) is 3.30. The van der Waals surface area contributed by atoms with Crippen molar-refractivity contribution in [1.82, 2.24) is 14.9 Å². The Bertz CT molecular complexity index is 1660. The Morgan fingerprint density at radius 3 is 2.63 bits per heavy atom. The molecule has 2 aromatic heterocycles. The van der Waals surface area contributed by atoms with E-state index >= 15 is 0 Å². The number of amides is 1. The van der Waals surface area contributed by atoms with Crippen LogP contribution in [0.25, 0.3) is 22.3 Å². The van der Waals surface area contributed by atoms with Crippen LogP contribution in [0.3, 0.4) is 0 Å². The SMILES string of the molecule is CC[C@@]1(OC(=O)C[C@@H](NC(=O)[C@@H](N)C(C)C)C(=O)O)C(=O)OCc2c1cc1n(c2=O)Cc2cc3ccccc3nc2-1.